The molecule has 3 N–H and O–H groups in total. The maximum absolute atomic E-state index is 12.4. The van der Waals surface area contributed by atoms with Crippen LogP contribution in [0.5, 0.6) is 0 Å². The fourth-order valence-electron chi connectivity index (χ4n) is 2.53. The predicted molar refractivity (Wildman–Crippen MR) is 82.1 cm³/mol. The van der Waals surface area contributed by atoms with Gasteiger partial charge in [-0.1, -0.05) is 33.0 Å². The Hall–Kier alpha value is -0.240. The van der Waals surface area contributed by atoms with Crippen molar-refractivity contribution >= 4 is 27.4 Å². The Morgan fingerprint density at radius 1 is 1.37 bits per heavy atom. The van der Waals surface area contributed by atoms with Crippen LogP contribution in [0.15, 0.2) is 0 Å². The number of hydrogen-bond donors (Lipinski definition) is 2. The second-order valence-corrected chi connectivity index (χ2v) is 7.43. The minimum atomic E-state index is -3.53. The Morgan fingerprint density at radius 3 is 2.21 bits per heavy atom. The highest BCUT2D eigenvalue weighted by molar-refractivity contribution is 7.87. The molecule has 7 heteroatoms. The van der Waals surface area contributed by atoms with E-state index in [1.165, 1.54) is 4.31 Å². The van der Waals surface area contributed by atoms with Gasteiger partial charge in [-0.15, -0.1) is 0 Å². The van der Waals surface area contributed by atoms with E-state index >= 15 is 0 Å². The Balaban J connectivity index is 2.94. The van der Waals surface area contributed by atoms with Crippen LogP contribution in [-0.4, -0.2) is 36.3 Å². The first-order valence-electron chi connectivity index (χ1n) is 6.86. The van der Waals surface area contributed by atoms with Crippen molar-refractivity contribution in [3.63, 3.8) is 0 Å². The molecule has 0 aliphatic heterocycles. The van der Waals surface area contributed by atoms with E-state index < -0.39 is 15.7 Å². The van der Waals surface area contributed by atoms with Gasteiger partial charge >= 0.3 is 0 Å². The molecule has 0 atom stereocenters. The molecule has 0 aromatic carbocycles. The van der Waals surface area contributed by atoms with Gasteiger partial charge in [0.25, 0.3) is 10.2 Å². The average Bonchev–Trinajstić information content (AvgIpc) is 2.33. The normalized spacial score (nSPS) is 28.5. The quantitative estimate of drug-likeness (QED) is 0.727. The van der Waals surface area contributed by atoms with E-state index in [1.807, 2.05) is 13.8 Å². The number of thiocarbonyl (C=S) groups is 1. The molecule has 0 unspecified atom stereocenters. The van der Waals surface area contributed by atoms with Crippen LogP contribution in [0.3, 0.4) is 0 Å². The van der Waals surface area contributed by atoms with E-state index in [1.54, 1.807) is 0 Å². The summed E-state index contributed by atoms with van der Waals surface area (Å²) < 4.78 is 28.9. The van der Waals surface area contributed by atoms with Gasteiger partial charge in [-0.2, -0.15) is 17.4 Å². The monoisotopic (exact) mass is 307 g/mol. The van der Waals surface area contributed by atoms with Crippen molar-refractivity contribution in [3.05, 3.63) is 0 Å². The second-order valence-electron chi connectivity index (χ2n) is 5.32. The topological polar surface area (TPSA) is 75.4 Å². The van der Waals surface area contributed by atoms with Crippen LogP contribution in [0.4, 0.5) is 0 Å². The molecule has 0 radical (unpaired) electrons. The van der Waals surface area contributed by atoms with Crippen LogP contribution in [-0.2, 0) is 10.2 Å². The molecule has 1 aliphatic carbocycles. The van der Waals surface area contributed by atoms with Gasteiger partial charge in [0.05, 0.1) is 10.5 Å². The lowest BCUT2D eigenvalue weighted by Gasteiger charge is -2.40. The molecular weight excluding hydrogens is 282 g/mol. The maximum atomic E-state index is 12.4. The van der Waals surface area contributed by atoms with Crippen LogP contribution in [0, 0.1) is 5.92 Å². The standard InChI is InChI=1S/C12H25N3O2S2/c1-4-15(5-2)19(16,17)14-12(11(13)18)8-6-10(3)7-9-12/h10,14H,4-9H2,1-3H3,(H2,13,18). The Bertz CT molecular complexity index is 411. The van der Waals surface area contributed by atoms with Gasteiger partial charge in [-0.05, 0) is 31.6 Å². The van der Waals surface area contributed by atoms with E-state index in [2.05, 4.69) is 11.6 Å². The lowest BCUT2D eigenvalue weighted by atomic mass is 9.78. The van der Waals surface area contributed by atoms with E-state index in [0.717, 1.165) is 12.8 Å². The molecule has 1 fully saturated rings. The number of nitrogens with zero attached hydrogens (tertiary/aromatic N) is 1. The van der Waals surface area contributed by atoms with E-state index in [4.69, 9.17) is 18.0 Å². The lowest BCUT2D eigenvalue weighted by Crippen LogP contribution is -2.60. The smallest absolute Gasteiger partial charge is 0.280 e. The number of rotatable bonds is 6. The van der Waals surface area contributed by atoms with Crippen molar-refractivity contribution in [2.24, 2.45) is 11.7 Å². The molecular formula is C12H25N3O2S2. The maximum Gasteiger partial charge on any atom is 0.280 e. The molecule has 0 spiro atoms. The SMILES string of the molecule is CCN(CC)S(=O)(=O)NC1(C(N)=S)CCC(C)CC1. The van der Waals surface area contributed by atoms with E-state index in [0.29, 0.717) is 31.8 Å². The summed E-state index contributed by atoms with van der Waals surface area (Å²) in [6.07, 6.45) is 3.25. The van der Waals surface area contributed by atoms with Gasteiger partial charge in [0.15, 0.2) is 0 Å². The Labute approximate surface area is 122 Å². The minimum Gasteiger partial charge on any atom is -0.392 e. The van der Waals surface area contributed by atoms with Gasteiger partial charge in [0.1, 0.15) is 0 Å². The van der Waals surface area contributed by atoms with Crippen molar-refractivity contribution in [3.8, 4) is 0 Å². The summed E-state index contributed by atoms with van der Waals surface area (Å²) in [7, 11) is -3.53. The van der Waals surface area contributed by atoms with Crippen LogP contribution in [0.2, 0.25) is 0 Å². The Kier molecular flexibility index (Phi) is 5.73. The van der Waals surface area contributed by atoms with Crippen molar-refractivity contribution in [2.75, 3.05) is 13.1 Å². The highest BCUT2D eigenvalue weighted by Crippen LogP contribution is 2.33. The third-order valence-electron chi connectivity index (χ3n) is 3.97. The molecule has 0 saturated heterocycles. The molecule has 5 nitrogen and oxygen atoms in total. The number of nitrogens with two attached hydrogens (primary N) is 1. The third kappa shape index (κ3) is 3.87. The molecule has 0 amide bonds. The van der Waals surface area contributed by atoms with Crippen molar-refractivity contribution in [1.29, 1.82) is 0 Å². The van der Waals surface area contributed by atoms with E-state index in [9.17, 15) is 8.42 Å². The fraction of sp³-hybridized carbons (Fsp3) is 0.917. The van der Waals surface area contributed by atoms with Crippen molar-refractivity contribution < 1.29 is 8.42 Å². The van der Waals surface area contributed by atoms with Crippen LogP contribution >= 0.6 is 12.2 Å². The Morgan fingerprint density at radius 2 is 1.84 bits per heavy atom. The molecule has 1 rings (SSSR count). The molecule has 112 valence electrons. The summed E-state index contributed by atoms with van der Waals surface area (Å²) in [5.41, 5.74) is 5.08. The summed E-state index contributed by atoms with van der Waals surface area (Å²) in [5, 5.41) is 0. The number of hydrogen-bond acceptors (Lipinski definition) is 3. The number of nitrogens with one attached hydrogen (secondary N) is 1. The molecule has 0 heterocycles. The average molecular weight is 307 g/mol. The van der Waals surface area contributed by atoms with E-state index in [-0.39, 0.29) is 4.99 Å². The predicted octanol–water partition coefficient (Wildman–Crippen LogP) is 1.40. The third-order valence-corrected chi connectivity index (χ3v) is 6.20. The summed E-state index contributed by atoms with van der Waals surface area (Å²) in [6, 6.07) is 0. The zero-order chi connectivity index (χ0) is 14.7. The zero-order valence-electron chi connectivity index (χ0n) is 12.0. The second kappa shape index (κ2) is 6.47. The molecule has 1 saturated carbocycles. The molecule has 19 heavy (non-hydrogen) atoms. The first-order chi connectivity index (χ1) is 8.77. The fourth-order valence-corrected chi connectivity index (χ4v) is 4.47. The van der Waals surface area contributed by atoms with Gasteiger partial charge < -0.3 is 5.73 Å². The first kappa shape index (κ1) is 16.8. The van der Waals surface area contributed by atoms with Gasteiger partial charge in [0, 0.05) is 13.1 Å². The molecule has 0 aromatic rings. The highest BCUT2D eigenvalue weighted by Gasteiger charge is 2.41. The summed E-state index contributed by atoms with van der Waals surface area (Å²) >= 11 is 5.13. The zero-order valence-corrected chi connectivity index (χ0v) is 13.6. The van der Waals surface area contributed by atoms with Crippen molar-refractivity contribution in [2.45, 2.75) is 52.0 Å². The molecule has 0 bridgehead atoms. The largest absolute Gasteiger partial charge is 0.392 e. The van der Waals surface area contributed by atoms with Gasteiger partial charge in [0.2, 0.25) is 0 Å². The highest BCUT2D eigenvalue weighted by atomic mass is 32.2. The van der Waals surface area contributed by atoms with Gasteiger partial charge in [-0.25, -0.2) is 0 Å². The summed E-state index contributed by atoms with van der Waals surface area (Å²) in [4.78, 5) is 0.259. The summed E-state index contributed by atoms with van der Waals surface area (Å²) in [5.74, 6) is 0.598. The lowest BCUT2D eigenvalue weighted by molar-refractivity contribution is 0.283. The molecule has 0 aromatic heterocycles. The van der Waals surface area contributed by atoms with Crippen LogP contribution in [0.25, 0.3) is 0 Å². The minimum absolute atomic E-state index is 0.259. The van der Waals surface area contributed by atoms with Crippen LogP contribution in [0.1, 0.15) is 46.5 Å². The first-order valence-corrected chi connectivity index (χ1v) is 8.71. The van der Waals surface area contributed by atoms with Gasteiger partial charge in [-0.3, -0.25) is 0 Å². The summed E-state index contributed by atoms with van der Waals surface area (Å²) in [6.45, 7) is 6.69. The molecule has 1 aliphatic rings. The van der Waals surface area contributed by atoms with Crippen LogP contribution < -0.4 is 10.5 Å². The van der Waals surface area contributed by atoms with Crippen molar-refractivity contribution in [1.82, 2.24) is 9.03 Å².